The van der Waals surface area contributed by atoms with E-state index in [-0.39, 0.29) is 5.92 Å². The highest BCUT2D eigenvalue weighted by Gasteiger charge is 2.31. The molecule has 1 aliphatic carbocycles. The Kier molecular flexibility index (Phi) is 5.44. The highest BCUT2D eigenvalue weighted by atomic mass is 16.5. The molecule has 1 aliphatic heterocycles. The van der Waals surface area contributed by atoms with E-state index in [9.17, 15) is 5.26 Å². The summed E-state index contributed by atoms with van der Waals surface area (Å²) in [5.41, 5.74) is 0. The van der Waals surface area contributed by atoms with E-state index >= 15 is 0 Å². The molecule has 1 saturated heterocycles. The molecule has 0 amide bonds. The van der Waals surface area contributed by atoms with Crippen LogP contribution in [0, 0.1) is 28.6 Å². The number of aromatic nitrogens is 2. The van der Waals surface area contributed by atoms with Crippen molar-refractivity contribution < 1.29 is 4.52 Å². The van der Waals surface area contributed by atoms with Gasteiger partial charge in [0.15, 0.2) is 5.82 Å². The number of likely N-dealkylation sites (N-methyl/N-ethyl adjacent to an activating group) is 1. The van der Waals surface area contributed by atoms with Crippen molar-refractivity contribution in [2.75, 3.05) is 26.7 Å². The fraction of sp³-hybridized carbons (Fsp3) is 0.765. The average Bonchev–Trinajstić information content (AvgIpc) is 3.15. The van der Waals surface area contributed by atoms with E-state index in [0.29, 0.717) is 31.3 Å². The molecule has 7 nitrogen and oxygen atoms in total. The van der Waals surface area contributed by atoms with Gasteiger partial charge in [0.25, 0.3) is 0 Å². The smallest absolute Gasteiger partial charge is 0.229 e. The van der Waals surface area contributed by atoms with Crippen LogP contribution in [0.3, 0.4) is 0 Å². The van der Waals surface area contributed by atoms with E-state index in [0.717, 1.165) is 37.8 Å². The molecule has 1 aromatic heterocycles. The van der Waals surface area contributed by atoms with Crippen LogP contribution in [0.4, 0.5) is 0 Å². The van der Waals surface area contributed by atoms with Gasteiger partial charge in [-0.3, -0.25) is 4.90 Å². The Morgan fingerprint density at radius 2 is 2.21 bits per heavy atom. The average molecular weight is 328 g/mol. The molecule has 0 spiro atoms. The molecule has 2 aliphatic rings. The molecular weight excluding hydrogens is 304 g/mol. The van der Waals surface area contributed by atoms with Gasteiger partial charge in [-0.15, -0.1) is 0 Å². The third-order valence-corrected chi connectivity index (χ3v) is 4.94. The molecule has 0 N–H and O–H groups in total. The van der Waals surface area contributed by atoms with Crippen molar-refractivity contribution in [1.82, 2.24) is 19.9 Å². The molecule has 1 aromatic rings. The standard InChI is InChI=1S/C17H24N6O/c1-22(12-16-20-17(24-21-16)14-4-5-14)15-6-8-23(11-15)10-13(9-19)3-2-7-18/h13-15H,2-6,8,10-12H2,1H3/t13-,15-/m0/s1. The molecule has 0 radical (unpaired) electrons. The zero-order valence-electron chi connectivity index (χ0n) is 14.2. The molecule has 2 fully saturated rings. The summed E-state index contributed by atoms with van der Waals surface area (Å²) in [4.78, 5) is 9.10. The van der Waals surface area contributed by atoms with Gasteiger partial charge < -0.3 is 9.42 Å². The van der Waals surface area contributed by atoms with Gasteiger partial charge >= 0.3 is 0 Å². The van der Waals surface area contributed by atoms with Crippen molar-refractivity contribution in [2.24, 2.45) is 5.92 Å². The van der Waals surface area contributed by atoms with E-state index in [1.54, 1.807) is 0 Å². The maximum Gasteiger partial charge on any atom is 0.229 e. The van der Waals surface area contributed by atoms with Gasteiger partial charge in [-0.2, -0.15) is 15.5 Å². The summed E-state index contributed by atoms with van der Waals surface area (Å²) in [5.74, 6) is 2.00. The van der Waals surface area contributed by atoms with E-state index in [2.05, 4.69) is 39.1 Å². The Hall–Kier alpha value is -1.96. The Bertz CT molecular complexity index is 626. The largest absolute Gasteiger partial charge is 0.339 e. The molecule has 2 atom stereocenters. The van der Waals surface area contributed by atoms with Crippen molar-refractivity contribution in [1.29, 1.82) is 10.5 Å². The third kappa shape index (κ3) is 4.31. The fourth-order valence-electron chi connectivity index (χ4n) is 3.26. The summed E-state index contributed by atoms with van der Waals surface area (Å²) >= 11 is 0. The van der Waals surface area contributed by atoms with E-state index < -0.39 is 0 Å². The van der Waals surface area contributed by atoms with Crippen LogP contribution in [0.25, 0.3) is 0 Å². The topological polar surface area (TPSA) is 93.0 Å². The Labute approximate surface area is 142 Å². The molecule has 0 aromatic carbocycles. The summed E-state index contributed by atoms with van der Waals surface area (Å²) in [6, 6.07) is 4.90. The lowest BCUT2D eigenvalue weighted by molar-refractivity contribution is 0.212. The second-order valence-corrected chi connectivity index (χ2v) is 6.96. The van der Waals surface area contributed by atoms with Crippen molar-refractivity contribution in [3.63, 3.8) is 0 Å². The summed E-state index contributed by atoms with van der Waals surface area (Å²) in [6.07, 6.45) is 4.54. The first-order valence-electron chi connectivity index (χ1n) is 8.71. The van der Waals surface area contributed by atoms with Crippen LogP contribution in [0.5, 0.6) is 0 Å². The number of nitrogens with zero attached hydrogens (tertiary/aromatic N) is 6. The van der Waals surface area contributed by atoms with Crippen LogP contribution >= 0.6 is 0 Å². The molecule has 3 rings (SSSR count). The molecule has 0 bridgehead atoms. The predicted molar refractivity (Wildman–Crippen MR) is 86.5 cm³/mol. The van der Waals surface area contributed by atoms with E-state index in [1.165, 1.54) is 12.8 Å². The van der Waals surface area contributed by atoms with Crippen LogP contribution in [0.15, 0.2) is 4.52 Å². The normalized spacial score (nSPS) is 22.4. The maximum atomic E-state index is 9.21. The molecule has 24 heavy (non-hydrogen) atoms. The number of hydrogen-bond donors (Lipinski definition) is 0. The van der Waals surface area contributed by atoms with Crippen molar-refractivity contribution in [2.45, 2.75) is 50.6 Å². The first-order chi connectivity index (χ1) is 11.7. The van der Waals surface area contributed by atoms with Crippen molar-refractivity contribution in [3.05, 3.63) is 11.7 Å². The van der Waals surface area contributed by atoms with Crippen molar-refractivity contribution >= 4 is 0 Å². The third-order valence-electron chi connectivity index (χ3n) is 4.94. The van der Waals surface area contributed by atoms with Gasteiger partial charge in [0.2, 0.25) is 5.89 Å². The van der Waals surface area contributed by atoms with E-state index in [4.69, 9.17) is 9.78 Å². The monoisotopic (exact) mass is 328 g/mol. The van der Waals surface area contributed by atoms with Gasteiger partial charge in [0.05, 0.1) is 24.6 Å². The minimum atomic E-state index is -0.0491. The second kappa shape index (κ2) is 7.74. The number of likely N-dealkylation sites (tertiary alicyclic amines) is 1. The first kappa shape index (κ1) is 16.9. The van der Waals surface area contributed by atoms with Crippen LogP contribution < -0.4 is 0 Å². The number of nitriles is 2. The van der Waals surface area contributed by atoms with Crippen LogP contribution in [0.2, 0.25) is 0 Å². The van der Waals surface area contributed by atoms with Crippen LogP contribution in [-0.2, 0) is 6.54 Å². The fourth-order valence-corrected chi connectivity index (χ4v) is 3.26. The highest BCUT2D eigenvalue weighted by molar-refractivity contribution is 5.02. The van der Waals surface area contributed by atoms with Crippen LogP contribution in [-0.4, -0.2) is 52.7 Å². The molecule has 1 saturated carbocycles. The van der Waals surface area contributed by atoms with E-state index in [1.807, 2.05) is 0 Å². The summed E-state index contributed by atoms with van der Waals surface area (Å²) in [5, 5.41) is 22.0. The Morgan fingerprint density at radius 3 is 2.92 bits per heavy atom. The van der Waals surface area contributed by atoms with Gasteiger partial charge in [-0.05, 0) is 39.3 Å². The highest BCUT2D eigenvalue weighted by Crippen LogP contribution is 2.38. The molecular formula is C17H24N6O. The molecule has 7 heteroatoms. The minimum Gasteiger partial charge on any atom is -0.339 e. The lowest BCUT2D eigenvalue weighted by Crippen LogP contribution is -2.35. The molecule has 0 unspecified atom stereocenters. The number of rotatable bonds is 8. The quantitative estimate of drug-likeness (QED) is 0.719. The SMILES string of the molecule is CN(Cc1noc(C2CC2)n1)[C@H]1CCN(C[C@H](C#N)CCC#N)C1. The first-order valence-corrected chi connectivity index (χ1v) is 8.71. The van der Waals surface area contributed by atoms with Crippen molar-refractivity contribution in [3.8, 4) is 12.1 Å². The summed E-state index contributed by atoms with van der Waals surface area (Å²) in [6.45, 7) is 3.41. The molecule has 2 heterocycles. The predicted octanol–water partition coefficient (Wildman–Crippen LogP) is 1.90. The Balaban J connectivity index is 1.45. The lowest BCUT2D eigenvalue weighted by Gasteiger charge is -2.24. The van der Waals surface area contributed by atoms with Gasteiger partial charge in [0.1, 0.15) is 0 Å². The number of hydrogen-bond acceptors (Lipinski definition) is 7. The second-order valence-electron chi connectivity index (χ2n) is 6.96. The Morgan fingerprint density at radius 1 is 1.38 bits per heavy atom. The van der Waals surface area contributed by atoms with Gasteiger partial charge in [-0.25, -0.2) is 0 Å². The van der Waals surface area contributed by atoms with Crippen LogP contribution in [0.1, 0.15) is 49.7 Å². The van der Waals surface area contributed by atoms with Gasteiger partial charge in [-0.1, -0.05) is 5.16 Å². The zero-order chi connectivity index (χ0) is 16.9. The maximum absolute atomic E-state index is 9.21. The summed E-state index contributed by atoms with van der Waals surface area (Å²) < 4.78 is 5.32. The summed E-state index contributed by atoms with van der Waals surface area (Å²) in [7, 11) is 2.10. The molecule has 128 valence electrons. The lowest BCUT2D eigenvalue weighted by atomic mass is 10.1. The minimum absolute atomic E-state index is 0.0491. The zero-order valence-corrected chi connectivity index (χ0v) is 14.2. The van der Waals surface area contributed by atoms with Gasteiger partial charge in [0, 0.05) is 31.5 Å².